The molecular weight excluding hydrogens is 416 g/mol. The van der Waals surface area contributed by atoms with Crippen molar-refractivity contribution >= 4 is 29.2 Å². The van der Waals surface area contributed by atoms with Gasteiger partial charge in [0.25, 0.3) is 0 Å². The van der Waals surface area contributed by atoms with Gasteiger partial charge in [-0.2, -0.15) is 0 Å². The smallest absolute Gasteiger partial charge is 0.315 e. The molecule has 5 nitrogen and oxygen atoms in total. The first kappa shape index (κ1) is 21.8. The fraction of sp³-hybridized carbons (Fsp3) is 0.381. The Morgan fingerprint density at radius 3 is 2.72 bits per heavy atom. The van der Waals surface area contributed by atoms with Crippen LogP contribution in [-0.4, -0.2) is 43.3 Å². The zero-order chi connectivity index (χ0) is 20.8. The molecule has 156 valence electrons. The van der Waals surface area contributed by atoms with E-state index < -0.39 is 0 Å². The Bertz CT molecular complexity index is 835. The van der Waals surface area contributed by atoms with E-state index in [1.807, 2.05) is 19.1 Å². The molecule has 0 bridgehead atoms. The molecule has 1 fully saturated rings. The van der Waals surface area contributed by atoms with Crippen LogP contribution in [-0.2, 0) is 11.3 Å². The molecule has 2 unspecified atom stereocenters. The van der Waals surface area contributed by atoms with Gasteiger partial charge in [-0.3, -0.25) is 4.90 Å². The molecule has 1 aliphatic heterocycles. The molecule has 1 aliphatic rings. The number of ether oxygens (including phenoxy) is 1. The van der Waals surface area contributed by atoms with Crippen molar-refractivity contribution in [3.63, 3.8) is 0 Å². The normalized spacial score (nSPS) is 18.3. The average Bonchev–Trinajstić information content (AvgIpc) is 2.70. The van der Waals surface area contributed by atoms with Gasteiger partial charge in [0.2, 0.25) is 0 Å². The Hall–Kier alpha value is -1.86. The molecule has 8 heteroatoms. The number of hydrogen-bond donors (Lipinski definition) is 2. The van der Waals surface area contributed by atoms with Gasteiger partial charge in [-0.1, -0.05) is 41.4 Å². The van der Waals surface area contributed by atoms with Gasteiger partial charge in [0, 0.05) is 26.2 Å². The first-order valence-corrected chi connectivity index (χ1v) is 10.2. The summed E-state index contributed by atoms with van der Waals surface area (Å²) in [5, 5.41) is 6.79. The molecule has 29 heavy (non-hydrogen) atoms. The Morgan fingerprint density at radius 2 is 2.00 bits per heavy atom. The number of urea groups is 1. The number of nitrogens with one attached hydrogen (secondary N) is 2. The number of rotatable bonds is 6. The maximum Gasteiger partial charge on any atom is 0.315 e. The number of carbonyl (C=O) groups excluding carboxylic acids is 1. The molecule has 1 heterocycles. The highest BCUT2D eigenvalue weighted by molar-refractivity contribution is 6.42. The highest BCUT2D eigenvalue weighted by atomic mass is 35.5. The minimum absolute atomic E-state index is 0.0987. The van der Waals surface area contributed by atoms with Gasteiger partial charge in [-0.15, -0.1) is 0 Å². The molecule has 0 radical (unpaired) electrons. The Balaban J connectivity index is 1.44. The molecule has 0 aliphatic carbocycles. The molecule has 2 amide bonds. The van der Waals surface area contributed by atoms with Crippen LogP contribution in [0.15, 0.2) is 42.5 Å². The summed E-state index contributed by atoms with van der Waals surface area (Å²) in [6, 6.07) is 11.2. The predicted molar refractivity (Wildman–Crippen MR) is 113 cm³/mol. The van der Waals surface area contributed by atoms with Gasteiger partial charge in [-0.05, 0) is 42.3 Å². The van der Waals surface area contributed by atoms with Gasteiger partial charge in [-0.25, -0.2) is 9.18 Å². The average molecular weight is 440 g/mol. The summed E-state index contributed by atoms with van der Waals surface area (Å²) in [7, 11) is 0. The molecule has 1 saturated heterocycles. The number of amides is 2. The lowest BCUT2D eigenvalue weighted by Gasteiger charge is -2.33. The number of nitrogens with zero attached hydrogens (tertiary/aromatic N) is 1. The van der Waals surface area contributed by atoms with E-state index in [9.17, 15) is 9.18 Å². The first-order valence-electron chi connectivity index (χ1n) is 9.48. The van der Waals surface area contributed by atoms with E-state index >= 15 is 0 Å². The van der Waals surface area contributed by atoms with E-state index in [1.165, 1.54) is 12.1 Å². The van der Waals surface area contributed by atoms with Crippen molar-refractivity contribution in [2.45, 2.75) is 25.6 Å². The third-order valence-electron chi connectivity index (χ3n) is 4.82. The van der Waals surface area contributed by atoms with Crippen LogP contribution in [0.5, 0.6) is 0 Å². The van der Waals surface area contributed by atoms with Crippen LogP contribution in [0.4, 0.5) is 9.18 Å². The molecule has 2 aromatic rings. The molecule has 0 saturated carbocycles. The highest BCUT2D eigenvalue weighted by Gasteiger charge is 2.21. The zero-order valence-electron chi connectivity index (χ0n) is 16.1. The van der Waals surface area contributed by atoms with Crippen molar-refractivity contribution in [1.82, 2.24) is 15.5 Å². The van der Waals surface area contributed by atoms with Crippen LogP contribution in [0.2, 0.25) is 10.0 Å². The summed E-state index contributed by atoms with van der Waals surface area (Å²) in [5.41, 5.74) is 1.92. The molecule has 2 N–H and O–H groups in total. The van der Waals surface area contributed by atoms with Gasteiger partial charge < -0.3 is 15.4 Å². The van der Waals surface area contributed by atoms with Crippen molar-refractivity contribution in [2.75, 3.05) is 26.2 Å². The van der Waals surface area contributed by atoms with Gasteiger partial charge >= 0.3 is 6.03 Å². The summed E-state index contributed by atoms with van der Waals surface area (Å²) >= 11 is 12.1. The van der Waals surface area contributed by atoms with Gasteiger partial charge in [0.1, 0.15) is 5.82 Å². The number of carbonyl (C=O) groups is 1. The molecular formula is C21H24Cl2FN3O2. The van der Waals surface area contributed by atoms with Crippen molar-refractivity contribution in [2.24, 2.45) is 0 Å². The fourth-order valence-electron chi connectivity index (χ4n) is 3.23. The number of halogens is 3. The molecule has 2 aromatic carbocycles. The van der Waals surface area contributed by atoms with E-state index in [1.54, 1.807) is 18.2 Å². The van der Waals surface area contributed by atoms with Crippen molar-refractivity contribution in [1.29, 1.82) is 0 Å². The SMILES string of the molecule is CC(NC(=O)NCC1CN(Cc2ccc(Cl)c(Cl)c2)CCO1)c1ccc(F)cc1. The lowest BCUT2D eigenvalue weighted by molar-refractivity contribution is -0.0287. The second-order valence-electron chi connectivity index (χ2n) is 7.10. The second kappa shape index (κ2) is 10.3. The quantitative estimate of drug-likeness (QED) is 0.701. The third-order valence-corrected chi connectivity index (χ3v) is 5.56. The van der Waals surface area contributed by atoms with E-state index in [2.05, 4.69) is 15.5 Å². The maximum absolute atomic E-state index is 13.0. The minimum atomic E-state index is -0.301. The molecule has 2 atom stereocenters. The summed E-state index contributed by atoms with van der Waals surface area (Å²) in [6.07, 6.45) is -0.0987. The second-order valence-corrected chi connectivity index (χ2v) is 7.92. The summed E-state index contributed by atoms with van der Waals surface area (Å²) in [4.78, 5) is 14.4. The van der Waals surface area contributed by atoms with Gasteiger partial charge in [0.05, 0.1) is 28.8 Å². The van der Waals surface area contributed by atoms with E-state index in [4.69, 9.17) is 27.9 Å². The van der Waals surface area contributed by atoms with Crippen molar-refractivity contribution in [3.8, 4) is 0 Å². The lowest BCUT2D eigenvalue weighted by Crippen LogP contribution is -2.49. The van der Waals surface area contributed by atoms with Crippen molar-refractivity contribution < 1.29 is 13.9 Å². The summed E-state index contributed by atoms with van der Waals surface area (Å²) in [6.45, 7) is 5.10. The predicted octanol–water partition coefficient (Wildman–Crippen LogP) is 4.39. The van der Waals surface area contributed by atoms with E-state index in [-0.39, 0.29) is 24.0 Å². The van der Waals surface area contributed by atoms with E-state index in [0.717, 1.165) is 24.2 Å². The Labute approximate surface area is 180 Å². The first-order chi connectivity index (χ1) is 13.9. The molecule has 0 spiro atoms. The van der Waals surface area contributed by atoms with Crippen LogP contribution in [0.1, 0.15) is 24.1 Å². The van der Waals surface area contributed by atoms with Crippen LogP contribution < -0.4 is 10.6 Å². The summed E-state index contributed by atoms with van der Waals surface area (Å²) < 4.78 is 18.8. The largest absolute Gasteiger partial charge is 0.374 e. The van der Waals surface area contributed by atoms with Crippen molar-refractivity contribution in [3.05, 3.63) is 69.5 Å². The topological polar surface area (TPSA) is 53.6 Å². The zero-order valence-corrected chi connectivity index (χ0v) is 17.6. The van der Waals surface area contributed by atoms with Crippen LogP contribution in [0.25, 0.3) is 0 Å². The Morgan fingerprint density at radius 1 is 1.24 bits per heavy atom. The Kier molecular flexibility index (Phi) is 7.72. The third kappa shape index (κ3) is 6.57. The van der Waals surface area contributed by atoms with Crippen LogP contribution in [0, 0.1) is 5.82 Å². The number of benzene rings is 2. The number of hydrogen-bond acceptors (Lipinski definition) is 3. The van der Waals surface area contributed by atoms with E-state index in [0.29, 0.717) is 29.7 Å². The highest BCUT2D eigenvalue weighted by Crippen LogP contribution is 2.23. The molecule has 3 rings (SSSR count). The van der Waals surface area contributed by atoms with Crippen LogP contribution >= 0.6 is 23.2 Å². The molecule has 0 aromatic heterocycles. The number of morpholine rings is 1. The fourth-order valence-corrected chi connectivity index (χ4v) is 3.55. The standard InChI is InChI=1S/C21H24Cl2FN3O2/c1-14(16-3-5-17(24)6-4-16)26-21(28)25-11-18-13-27(8-9-29-18)12-15-2-7-19(22)20(23)10-15/h2-7,10,14,18H,8-9,11-13H2,1H3,(H2,25,26,28). The maximum atomic E-state index is 13.0. The minimum Gasteiger partial charge on any atom is -0.374 e. The van der Waals surface area contributed by atoms with Gasteiger partial charge in [0.15, 0.2) is 0 Å². The van der Waals surface area contributed by atoms with Crippen LogP contribution in [0.3, 0.4) is 0 Å². The monoisotopic (exact) mass is 439 g/mol. The summed E-state index contributed by atoms with van der Waals surface area (Å²) in [5.74, 6) is -0.301. The lowest BCUT2D eigenvalue weighted by atomic mass is 10.1.